The van der Waals surface area contributed by atoms with Gasteiger partial charge in [-0.2, -0.15) is 0 Å². The first-order valence-electron chi connectivity index (χ1n) is 7.76. The average Bonchev–Trinajstić information content (AvgIpc) is 2.62. The lowest BCUT2D eigenvalue weighted by atomic mass is 10.1. The lowest BCUT2D eigenvalue weighted by Gasteiger charge is -2.26. The van der Waals surface area contributed by atoms with Crippen LogP contribution in [0.15, 0.2) is 42.5 Å². The van der Waals surface area contributed by atoms with Crippen molar-refractivity contribution in [3.63, 3.8) is 0 Å². The Hall–Kier alpha value is -3.62. The van der Waals surface area contributed by atoms with Crippen molar-refractivity contribution in [2.24, 2.45) is 0 Å². The molecule has 134 valence electrons. The molecule has 3 N–H and O–H groups in total. The number of hydrogen-bond acceptors (Lipinski definition) is 6. The minimum absolute atomic E-state index is 0.111. The number of nitro benzene ring substituents is 1. The van der Waals surface area contributed by atoms with Gasteiger partial charge < -0.3 is 20.7 Å². The fourth-order valence-corrected chi connectivity index (χ4v) is 2.62. The van der Waals surface area contributed by atoms with Crippen molar-refractivity contribution in [2.45, 2.75) is 12.5 Å². The maximum absolute atomic E-state index is 12.3. The van der Waals surface area contributed by atoms with E-state index in [0.29, 0.717) is 11.4 Å². The molecular formula is C17H16N4O5. The summed E-state index contributed by atoms with van der Waals surface area (Å²) in [7, 11) is 1.35. The molecule has 1 aliphatic rings. The van der Waals surface area contributed by atoms with E-state index in [4.69, 9.17) is 4.74 Å². The van der Waals surface area contributed by atoms with Gasteiger partial charge in [0.15, 0.2) is 0 Å². The molecule has 0 aliphatic carbocycles. The molecule has 0 saturated heterocycles. The van der Waals surface area contributed by atoms with Gasteiger partial charge in [-0.05, 0) is 18.2 Å². The predicted octanol–water partition coefficient (Wildman–Crippen LogP) is 2.36. The molecule has 1 unspecified atom stereocenters. The number of fused-ring (bicyclic) bond motifs is 1. The third kappa shape index (κ3) is 3.56. The topological polar surface area (TPSA) is 123 Å². The molecule has 9 heteroatoms. The number of carbonyl (C=O) groups excluding carboxylic acids is 2. The van der Waals surface area contributed by atoms with E-state index in [1.807, 2.05) is 6.07 Å². The van der Waals surface area contributed by atoms with Gasteiger partial charge in [0, 0.05) is 6.07 Å². The van der Waals surface area contributed by atoms with E-state index in [2.05, 4.69) is 16.0 Å². The summed E-state index contributed by atoms with van der Waals surface area (Å²) in [4.78, 5) is 34.7. The molecule has 0 radical (unpaired) electrons. The summed E-state index contributed by atoms with van der Waals surface area (Å²) >= 11 is 0. The summed E-state index contributed by atoms with van der Waals surface area (Å²) in [5.41, 5.74) is 1.54. The maximum Gasteiger partial charge on any atom is 0.273 e. The number of ether oxygens (including phenoxy) is 1. The molecule has 0 fully saturated rings. The third-order valence-electron chi connectivity index (χ3n) is 3.89. The van der Waals surface area contributed by atoms with Crippen LogP contribution in [0.4, 0.5) is 22.7 Å². The molecule has 26 heavy (non-hydrogen) atoms. The average molecular weight is 356 g/mol. The Morgan fingerprint density at radius 1 is 1.27 bits per heavy atom. The van der Waals surface area contributed by atoms with E-state index >= 15 is 0 Å². The van der Waals surface area contributed by atoms with Gasteiger partial charge in [0.25, 0.3) is 5.69 Å². The maximum atomic E-state index is 12.3. The standard InChI is InChI=1S/C17H16N4O5/c1-26-15-8-10(21(24)25)6-7-13(15)19-16(22)9-14-17(23)20-12-5-3-2-4-11(12)18-14/h2-8,14,18H,9H2,1H3,(H,19,22)(H,20,23). The molecule has 0 aromatic heterocycles. The second kappa shape index (κ2) is 7.09. The number of methoxy groups -OCH3 is 1. The molecule has 1 aliphatic heterocycles. The Kier molecular flexibility index (Phi) is 4.70. The van der Waals surface area contributed by atoms with E-state index < -0.39 is 16.9 Å². The SMILES string of the molecule is COc1cc([N+](=O)[O-])ccc1NC(=O)CC1Nc2ccccc2NC1=O. The first-order valence-corrected chi connectivity index (χ1v) is 7.76. The number of hydrogen-bond donors (Lipinski definition) is 3. The zero-order valence-corrected chi connectivity index (χ0v) is 13.8. The molecule has 2 aromatic carbocycles. The van der Waals surface area contributed by atoms with Crippen molar-refractivity contribution in [1.29, 1.82) is 0 Å². The highest BCUT2D eigenvalue weighted by Gasteiger charge is 2.27. The second-order valence-electron chi connectivity index (χ2n) is 5.63. The molecule has 0 spiro atoms. The second-order valence-corrected chi connectivity index (χ2v) is 5.63. The van der Waals surface area contributed by atoms with Gasteiger partial charge >= 0.3 is 0 Å². The fraction of sp³-hybridized carbons (Fsp3) is 0.176. The van der Waals surface area contributed by atoms with Gasteiger partial charge in [-0.25, -0.2) is 0 Å². The Balaban J connectivity index is 1.70. The van der Waals surface area contributed by atoms with Gasteiger partial charge in [0.05, 0.1) is 41.6 Å². The quantitative estimate of drug-likeness (QED) is 0.558. The molecule has 9 nitrogen and oxygen atoms in total. The van der Waals surface area contributed by atoms with E-state index in [-0.39, 0.29) is 23.8 Å². The zero-order valence-electron chi connectivity index (χ0n) is 13.8. The number of nitro groups is 1. The summed E-state index contributed by atoms with van der Waals surface area (Å²) in [6, 6.07) is 10.3. The predicted molar refractivity (Wildman–Crippen MR) is 95.4 cm³/mol. The van der Waals surface area contributed by atoms with Crippen LogP contribution in [-0.2, 0) is 9.59 Å². The van der Waals surface area contributed by atoms with Gasteiger partial charge in [0.2, 0.25) is 11.8 Å². The number of para-hydroxylation sites is 2. The highest BCUT2D eigenvalue weighted by atomic mass is 16.6. The minimum Gasteiger partial charge on any atom is -0.494 e. The van der Waals surface area contributed by atoms with Gasteiger partial charge in [-0.15, -0.1) is 0 Å². The molecule has 0 bridgehead atoms. The highest BCUT2D eigenvalue weighted by molar-refractivity contribution is 6.06. The van der Waals surface area contributed by atoms with Crippen LogP contribution in [-0.4, -0.2) is 29.9 Å². The van der Waals surface area contributed by atoms with Crippen molar-refractivity contribution in [2.75, 3.05) is 23.1 Å². The monoisotopic (exact) mass is 356 g/mol. The first-order chi connectivity index (χ1) is 12.5. The van der Waals surface area contributed by atoms with Crippen LogP contribution in [0.25, 0.3) is 0 Å². The summed E-state index contributed by atoms with van der Waals surface area (Å²) in [6.07, 6.45) is -0.111. The van der Waals surface area contributed by atoms with Crippen LogP contribution in [0.1, 0.15) is 6.42 Å². The first kappa shape index (κ1) is 17.2. The number of anilines is 3. The van der Waals surface area contributed by atoms with E-state index in [1.54, 1.807) is 18.2 Å². The Labute approximate surface area is 148 Å². The van der Waals surface area contributed by atoms with Crippen molar-refractivity contribution in [3.8, 4) is 5.75 Å². The van der Waals surface area contributed by atoms with E-state index in [0.717, 1.165) is 5.69 Å². The van der Waals surface area contributed by atoms with Crippen molar-refractivity contribution < 1.29 is 19.2 Å². The third-order valence-corrected chi connectivity index (χ3v) is 3.89. The van der Waals surface area contributed by atoms with Gasteiger partial charge in [-0.1, -0.05) is 12.1 Å². The number of amides is 2. The lowest BCUT2D eigenvalue weighted by Crippen LogP contribution is -2.41. The molecule has 1 heterocycles. The van der Waals surface area contributed by atoms with Crippen LogP contribution < -0.4 is 20.7 Å². The Morgan fingerprint density at radius 2 is 2.00 bits per heavy atom. The van der Waals surface area contributed by atoms with Gasteiger partial charge in [-0.3, -0.25) is 19.7 Å². The molecule has 3 rings (SSSR count). The number of nitrogens with zero attached hydrogens (tertiary/aromatic N) is 1. The smallest absolute Gasteiger partial charge is 0.273 e. The van der Waals surface area contributed by atoms with Crippen LogP contribution in [0.2, 0.25) is 0 Å². The number of nitrogens with one attached hydrogen (secondary N) is 3. The Morgan fingerprint density at radius 3 is 2.69 bits per heavy atom. The van der Waals surface area contributed by atoms with E-state index in [1.165, 1.54) is 25.3 Å². The summed E-state index contributed by atoms with van der Waals surface area (Å²) in [5.74, 6) is -0.572. The highest BCUT2D eigenvalue weighted by Crippen LogP contribution is 2.30. The van der Waals surface area contributed by atoms with Crippen molar-refractivity contribution >= 4 is 34.6 Å². The lowest BCUT2D eigenvalue weighted by molar-refractivity contribution is -0.384. The number of rotatable bonds is 5. The Bertz CT molecular complexity index is 883. The van der Waals surface area contributed by atoms with Crippen LogP contribution >= 0.6 is 0 Å². The minimum atomic E-state index is -0.728. The summed E-state index contributed by atoms with van der Waals surface area (Å²) in [5, 5.41) is 19.2. The fourth-order valence-electron chi connectivity index (χ4n) is 2.62. The van der Waals surface area contributed by atoms with Crippen molar-refractivity contribution in [1.82, 2.24) is 0 Å². The molecule has 0 saturated carbocycles. The molecule has 2 amide bonds. The van der Waals surface area contributed by atoms with Crippen LogP contribution in [0.5, 0.6) is 5.75 Å². The molecular weight excluding hydrogens is 340 g/mol. The van der Waals surface area contributed by atoms with E-state index in [9.17, 15) is 19.7 Å². The van der Waals surface area contributed by atoms with Crippen LogP contribution in [0.3, 0.4) is 0 Å². The van der Waals surface area contributed by atoms with Crippen molar-refractivity contribution in [3.05, 3.63) is 52.6 Å². The van der Waals surface area contributed by atoms with Gasteiger partial charge in [0.1, 0.15) is 11.8 Å². The van der Waals surface area contributed by atoms with Crippen LogP contribution in [0, 0.1) is 10.1 Å². The summed E-state index contributed by atoms with van der Waals surface area (Å²) < 4.78 is 5.08. The zero-order chi connectivity index (χ0) is 18.7. The number of non-ortho nitro benzene ring substituents is 1. The number of benzene rings is 2. The number of carbonyl (C=O) groups is 2. The molecule has 2 aromatic rings. The normalized spacial score (nSPS) is 15.3. The largest absolute Gasteiger partial charge is 0.494 e. The molecule has 1 atom stereocenters. The summed E-state index contributed by atoms with van der Waals surface area (Å²) in [6.45, 7) is 0.